The van der Waals surface area contributed by atoms with Gasteiger partial charge < -0.3 is 0 Å². The molecule has 0 amide bonds. The molecule has 23 heavy (non-hydrogen) atoms. The Kier molecular flexibility index (Phi) is 6.89. The predicted octanol–water partition coefficient (Wildman–Crippen LogP) is 5.54. The van der Waals surface area contributed by atoms with Crippen LogP contribution in [0.5, 0.6) is 0 Å². The molecule has 1 aliphatic rings. The zero-order valence-corrected chi connectivity index (χ0v) is 15.3. The summed E-state index contributed by atoms with van der Waals surface area (Å²) >= 11 is 0. The Balaban J connectivity index is 3.10. The molecule has 1 aliphatic heterocycles. The van der Waals surface area contributed by atoms with Crippen LogP contribution in [0, 0.1) is 0 Å². The molecule has 0 unspecified atom stereocenters. The normalized spacial score (nSPS) is 20.2. The number of likely N-dealkylation sites (N-methyl/N-ethyl adjacent to an activating group) is 1. The second kappa shape index (κ2) is 8.42. The minimum atomic E-state index is 0.904. The van der Waals surface area contributed by atoms with E-state index in [1.807, 2.05) is 27.0 Å². The third kappa shape index (κ3) is 3.76. The van der Waals surface area contributed by atoms with Crippen molar-refractivity contribution in [2.24, 2.45) is 0 Å². The molecule has 1 rings (SSSR count). The van der Waals surface area contributed by atoms with Gasteiger partial charge in [-0.1, -0.05) is 50.1 Å². The summed E-state index contributed by atoms with van der Waals surface area (Å²) in [4.78, 5) is 0. The van der Waals surface area contributed by atoms with Crippen molar-refractivity contribution >= 4 is 0 Å². The molecule has 2 heteroatoms. The molecule has 0 radical (unpaired) electrons. The van der Waals surface area contributed by atoms with Crippen LogP contribution in [0.1, 0.15) is 34.1 Å². The number of piperidine rings is 1. The van der Waals surface area contributed by atoms with Crippen molar-refractivity contribution in [1.29, 1.82) is 0 Å². The van der Waals surface area contributed by atoms with Gasteiger partial charge in [-0.3, -0.25) is 10.0 Å². The average molecular weight is 310 g/mol. The van der Waals surface area contributed by atoms with E-state index in [0.717, 1.165) is 35.5 Å². The molecule has 0 aliphatic carbocycles. The zero-order valence-electron chi connectivity index (χ0n) is 15.3. The van der Waals surface area contributed by atoms with Gasteiger partial charge in [0.25, 0.3) is 0 Å². The molecule has 0 aromatic carbocycles. The highest BCUT2D eigenvalue weighted by Crippen LogP contribution is 2.33. The molecule has 0 aromatic heterocycles. The van der Waals surface area contributed by atoms with Gasteiger partial charge in [0.15, 0.2) is 0 Å². The van der Waals surface area contributed by atoms with E-state index in [1.165, 1.54) is 11.1 Å². The van der Waals surface area contributed by atoms with Crippen LogP contribution < -0.4 is 0 Å². The Morgan fingerprint density at radius 1 is 1.13 bits per heavy atom. The minimum absolute atomic E-state index is 0.904. The van der Waals surface area contributed by atoms with Crippen molar-refractivity contribution in [3.63, 3.8) is 0 Å². The zero-order chi connectivity index (χ0) is 17.6. The molecule has 0 saturated carbocycles. The van der Waals surface area contributed by atoms with Gasteiger partial charge in [0.1, 0.15) is 0 Å². The first-order valence-corrected chi connectivity index (χ1v) is 8.13. The number of rotatable bonds is 5. The van der Waals surface area contributed by atoms with Crippen LogP contribution >= 0.6 is 0 Å². The van der Waals surface area contributed by atoms with Crippen LogP contribution in [0.4, 0.5) is 0 Å². The van der Waals surface area contributed by atoms with E-state index >= 15 is 0 Å². The van der Waals surface area contributed by atoms with Gasteiger partial charge in [-0.2, -0.15) is 0 Å². The van der Waals surface area contributed by atoms with E-state index in [-0.39, 0.29) is 0 Å². The smallest absolute Gasteiger partial charge is 0.0574 e. The monoisotopic (exact) mass is 310 g/mol. The summed E-state index contributed by atoms with van der Waals surface area (Å²) in [6.45, 7) is 21.6. The van der Waals surface area contributed by atoms with Crippen molar-refractivity contribution in [2.45, 2.75) is 34.1 Å². The van der Waals surface area contributed by atoms with Gasteiger partial charge in [-0.05, 0) is 50.8 Å². The lowest BCUT2D eigenvalue weighted by molar-refractivity contribution is 0.0778. The largest absolute Gasteiger partial charge is 0.288 e. The number of hydrazine groups is 1. The van der Waals surface area contributed by atoms with Crippen LogP contribution in [0.25, 0.3) is 0 Å². The number of hydrogen-bond donors (Lipinski definition) is 0. The fraction of sp³-hybridized carbons (Fsp3) is 0.333. The summed E-state index contributed by atoms with van der Waals surface area (Å²) in [5.41, 5.74) is 6.73. The third-order valence-electron chi connectivity index (χ3n) is 4.39. The van der Waals surface area contributed by atoms with Gasteiger partial charge in [0.05, 0.1) is 11.4 Å². The minimum Gasteiger partial charge on any atom is -0.288 e. The number of hydrogen-bond acceptors (Lipinski definition) is 2. The summed E-state index contributed by atoms with van der Waals surface area (Å²) in [5, 5.41) is 4.30. The molecule has 0 bridgehead atoms. The maximum Gasteiger partial charge on any atom is 0.0574 e. The van der Waals surface area contributed by atoms with Crippen molar-refractivity contribution in [3.05, 3.63) is 83.8 Å². The van der Waals surface area contributed by atoms with Gasteiger partial charge in [0, 0.05) is 19.2 Å². The second-order valence-corrected chi connectivity index (χ2v) is 5.46. The third-order valence-corrected chi connectivity index (χ3v) is 4.39. The molecule has 124 valence electrons. The first-order valence-electron chi connectivity index (χ1n) is 8.13. The van der Waals surface area contributed by atoms with Gasteiger partial charge in [0.2, 0.25) is 0 Å². The van der Waals surface area contributed by atoms with Crippen LogP contribution in [-0.2, 0) is 0 Å². The molecular formula is C21H30N2. The molecule has 0 spiro atoms. The van der Waals surface area contributed by atoms with Crippen LogP contribution in [0.15, 0.2) is 83.8 Å². The van der Waals surface area contributed by atoms with Crippen LogP contribution in [-0.4, -0.2) is 23.6 Å². The fourth-order valence-electron chi connectivity index (χ4n) is 3.01. The van der Waals surface area contributed by atoms with E-state index in [0.29, 0.717) is 0 Å². The highest BCUT2D eigenvalue weighted by Gasteiger charge is 2.25. The van der Waals surface area contributed by atoms with E-state index in [9.17, 15) is 0 Å². The predicted molar refractivity (Wildman–Crippen MR) is 103 cm³/mol. The molecule has 1 fully saturated rings. The lowest BCUT2D eigenvalue weighted by atomic mass is 9.95. The molecule has 0 atom stereocenters. The Hall–Kier alpha value is -2.22. The summed E-state index contributed by atoms with van der Waals surface area (Å²) in [5.74, 6) is 0. The SMILES string of the molecule is C=CC(=C/C)/C(=C\C)C(=C)N(C)N1CCC(=C/C)/C(=C\C)C1=C. The maximum atomic E-state index is 4.30. The van der Waals surface area contributed by atoms with Gasteiger partial charge in [-0.15, -0.1) is 0 Å². The van der Waals surface area contributed by atoms with Crippen molar-refractivity contribution in [2.75, 3.05) is 13.6 Å². The number of nitrogens with zero attached hydrogens (tertiary/aromatic N) is 2. The molecule has 1 saturated heterocycles. The maximum absolute atomic E-state index is 4.30. The lowest BCUT2D eigenvalue weighted by Crippen LogP contribution is -2.42. The van der Waals surface area contributed by atoms with E-state index in [2.05, 4.69) is 67.9 Å². The summed E-state index contributed by atoms with van der Waals surface area (Å²) in [6, 6.07) is 0. The van der Waals surface area contributed by atoms with E-state index < -0.39 is 0 Å². The average Bonchev–Trinajstić information content (AvgIpc) is 2.57. The molecule has 0 aromatic rings. The molecule has 0 N–H and O–H groups in total. The Labute approximate surface area is 142 Å². The fourth-order valence-corrected chi connectivity index (χ4v) is 3.01. The molecule has 2 nitrogen and oxygen atoms in total. The van der Waals surface area contributed by atoms with Gasteiger partial charge in [-0.25, -0.2) is 0 Å². The Morgan fingerprint density at radius 3 is 2.22 bits per heavy atom. The van der Waals surface area contributed by atoms with Crippen molar-refractivity contribution in [3.8, 4) is 0 Å². The summed E-state index contributed by atoms with van der Waals surface area (Å²) in [7, 11) is 2.04. The highest BCUT2D eigenvalue weighted by molar-refractivity contribution is 5.50. The van der Waals surface area contributed by atoms with Gasteiger partial charge >= 0.3 is 0 Å². The second-order valence-electron chi connectivity index (χ2n) is 5.46. The summed E-state index contributed by atoms with van der Waals surface area (Å²) < 4.78 is 0. The van der Waals surface area contributed by atoms with E-state index in [1.54, 1.807) is 0 Å². The van der Waals surface area contributed by atoms with E-state index in [4.69, 9.17) is 0 Å². The van der Waals surface area contributed by atoms with Crippen molar-refractivity contribution < 1.29 is 0 Å². The first-order chi connectivity index (χ1) is 11.0. The molecular weight excluding hydrogens is 280 g/mol. The van der Waals surface area contributed by atoms with Crippen molar-refractivity contribution in [1.82, 2.24) is 10.0 Å². The Bertz CT molecular complexity index is 612. The Morgan fingerprint density at radius 2 is 1.78 bits per heavy atom. The van der Waals surface area contributed by atoms with Crippen LogP contribution in [0.3, 0.4) is 0 Å². The van der Waals surface area contributed by atoms with Crippen LogP contribution in [0.2, 0.25) is 0 Å². The topological polar surface area (TPSA) is 6.48 Å². The quantitative estimate of drug-likeness (QED) is 0.615. The lowest BCUT2D eigenvalue weighted by Gasteiger charge is -2.42. The first kappa shape index (κ1) is 18.8. The molecule has 1 heterocycles. The summed E-state index contributed by atoms with van der Waals surface area (Å²) in [6.07, 6.45) is 11.3. The number of allylic oxidation sites excluding steroid dienone is 7. The standard InChI is InChI=1S/C21H30N2/c1-9-18(10-2)20(12-4)16(6)22(8)23-15-14-19(11-3)21(13-5)17(23)7/h9-13H,1,6-7,14-15H2,2-5,8H3/b18-10-,19-11-,20-12-,21-13-. The highest BCUT2D eigenvalue weighted by atomic mass is 15.6.